The van der Waals surface area contributed by atoms with E-state index in [0.29, 0.717) is 0 Å². The molecule has 0 spiro atoms. The van der Waals surface area contributed by atoms with Crippen LogP contribution in [-0.4, -0.2) is 66.4 Å². The molecule has 0 aliphatic carbocycles. The molecule has 1 heterocycles. The van der Waals surface area contributed by atoms with Crippen molar-refractivity contribution < 1.29 is 23.1 Å². The van der Waals surface area contributed by atoms with Crippen molar-refractivity contribution in [2.45, 2.75) is 11.8 Å². The summed E-state index contributed by atoms with van der Waals surface area (Å²) in [6, 6.07) is 1.08. The lowest BCUT2D eigenvalue weighted by Crippen LogP contribution is -2.40. The van der Waals surface area contributed by atoms with E-state index in [1.54, 1.807) is 6.92 Å². The maximum atomic E-state index is 12.5. The zero-order valence-corrected chi connectivity index (χ0v) is 13.2. The maximum Gasteiger partial charge on any atom is 0.352 e. The standard InChI is InChI=1S/C12H19N3O5S/c1-5-15(8-11(16)13(2)3)21(19,20)9-6-10(12(17)18)14(4)7-9/h6-7H,5,8H2,1-4H3,(H,17,18). The number of hydrogen-bond donors (Lipinski definition) is 1. The number of rotatable bonds is 6. The maximum absolute atomic E-state index is 12.5. The summed E-state index contributed by atoms with van der Waals surface area (Å²) < 4.78 is 27.1. The number of aryl methyl sites for hydroxylation is 1. The predicted octanol–water partition coefficient (Wildman–Crippen LogP) is -0.178. The molecule has 0 aromatic carbocycles. The highest BCUT2D eigenvalue weighted by atomic mass is 32.2. The zero-order chi connectivity index (χ0) is 16.4. The fraction of sp³-hybridized carbons (Fsp3) is 0.500. The van der Waals surface area contributed by atoms with E-state index in [0.717, 1.165) is 10.4 Å². The van der Waals surface area contributed by atoms with E-state index in [9.17, 15) is 18.0 Å². The molecule has 0 bridgehead atoms. The molecule has 1 rings (SSSR count). The highest BCUT2D eigenvalue weighted by Crippen LogP contribution is 2.18. The van der Waals surface area contributed by atoms with Crippen LogP contribution < -0.4 is 0 Å². The number of nitrogens with zero attached hydrogens (tertiary/aromatic N) is 3. The van der Waals surface area contributed by atoms with Crippen molar-refractivity contribution in [3.05, 3.63) is 18.0 Å². The molecule has 1 N–H and O–H groups in total. The minimum Gasteiger partial charge on any atom is -0.477 e. The second-order valence-corrected chi connectivity index (χ2v) is 6.63. The molecule has 1 aromatic rings. The molecule has 118 valence electrons. The van der Waals surface area contributed by atoms with Crippen LogP contribution in [0.5, 0.6) is 0 Å². The Balaban J connectivity index is 3.16. The number of hydrogen-bond acceptors (Lipinski definition) is 4. The summed E-state index contributed by atoms with van der Waals surface area (Å²) in [6.07, 6.45) is 1.22. The third-order valence-electron chi connectivity index (χ3n) is 3.00. The first-order valence-electron chi connectivity index (χ1n) is 6.21. The first kappa shape index (κ1) is 17.2. The SMILES string of the molecule is CCN(CC(=O)N(C)C)S(=O)(=O)c1cc(C(=O)O)n(C)c1. The van der Waals surface area contributed by atoms with Gasteiger partial charge in [0.1, 0.15) is 10.6 Å². The molecule has 9 heteroatoms. The van der Waals surface area contributed by atoms with Crippen LogP contribution in [0, 0.1) is 0 Å². The van der Waals surface area contributed by atoms with Gasteiger partial charge in [-0.25, -0.2) is 13.2 Å². The third kappa shape index (κ3) is 3.61. The summed E-state index contributed by atoms with van der Waals surface area (Å²) in [6.45, 7) is 1.43. The molecule has 8 nitrogen and oxygen atoms in total. The molecule has 1 aromatic heterocycles. The first-order valence-corrected chi connectivity index (χ1v) is 7.65. The van der Waals surface area contributed by atoms with Crippen LogP contribution >= 0.6 is 0 Å². The van der Waals surface area contributed by atoms with Gasteiger partial charge in [-0.15, -0.1) is 0 Å². The minimum atomic E-state index is -3.91. The quantitative estimate of drug-likeness (QED) is 0.784. The van der Waals surface area contributed by atoms with Crippen molar-refractivity contribution in [1.82, 2.24) is 13.8 Å². The summed E-state index contributed by atoms with van der Waals surface area (Å²) in [4.78, 5) is 23.8. The van der Waals surface area contributed by atoms with Crippen LogP contribution in [0.15, 0.2) is 17.2 Å². The Morgan fingerprint density at radius 2 is 1.90 bits per heavy atom. The van der Waals surface area contributed by atoms with E-state index < -0.39 is 16.0 Å². The van der Waals surface area contributed by atoms with Crippen LogP contribution in [0.1, 0.15) is 17.4 Å². The Bertz CT molecular complexity index is 648. The number of amides is 1. The summed E-state index contributed by atoms with van der Waals surface area (Å²) in [5.41, 5.74) is -0.136. The van der Waals surface area contributed by atoms with Crippen molar-refractivity contribution in [2.24, 2.45) is 7.05 Å². The number of sulfonamides is 1. The van der Waals surface area contributed by atoms with Gasteiger partial charge in [-0.3, -0.25) is 4.79 Å². The van der Waals surface area contributed by atoms with Gasteiger partial charge < -0.3 is 14.6 Å². The van der Waals surface area contributed by atoms with Crippen LogP contribution in [0.4, 0.5) is 0 Å². The van der Waals surface area contributed by atoms with Gasteiger partial charge in [0.2, 0.25) is 15.9 Å². The minimum absolute atomic E-state index is 0.110. The van der Waals surface area contributed by atoms with E-state index in [-0.39, 0.29) is 29.6 Å². The second kappa shape index (κ2) is 6.27. The van der Waals surface area contributed by atoms with Crippen LogP contribution in [0.25, 0.3) is 0 Å². The van der Waals surface area contributed by atoms with E-state index in [1.165, 1.54) is 36.8 Å². The Morgan fingerprint density at radius 3 is 2.29 bits per heavy atom. The Morgan fingerprint density at radius 1 is 1.33 bits per heavy atom. The third-order valence-corrected chi connectivity index (χ3v) is 4.89. The Labute approximate surface area is 123 Å². The van der Waals surface area contributed by atoms with Crippen LogP contribution in [-0.2, 0) is 21.9 Å². The van der Waals surface area contributed by atoms with Gasteiger partial charge in [-0.1, -0.05) is 6.92 Å². The number of carboxylic acid groups (broad SMARTS) is 1. The summed E-state index contributed by atoms with van der Waals surface area (Å²) in [7, 11) is 0.606. The zero-order valence-electron chi connectivity index (χ0n) is 12.4. The molecular formula is C12H19N3O5S. The van der Waals surface area contributed by atoms with Gasteiger partial charge in [0.05, 0.1) is 6.54 Å². The number of carbonyl (C=O) groups excluding carboxylic acids is 1. The van der Waals surface area contributed by atoms with Crippen molar-refractivity contribution in [3.8, 4) is 0 Å². The molecular weight excluding hydrogens is 298 g/mol. The summed E-state index contributed by atoms with van der Waals surface area (Å²) >= 11 is 0. The van der Waals surface area contributed by atoms with Crippen LogP contribution in [0.2, 0.25) is 0 Å². The van der Waals surface area contributed by atoms with E-state index in [4.69, 9.17) is 5.11 Å². The lowest BCUT2D eigenvalue weighted by atomic mass is 10.4. The second-order valence-electron chi connectivity index (χ2n) is 4.70. The van der Waals surface area contributed by atoms with Gasteiger partial charge in [-0.05, 0) is 6.07 Å². The number of aromatic carboxylic acids is 1. The number of carboxylic acids is 1. The molecule has 0 aliphatic rings. The molecule has 0 radical (unpaired) electrons. The van der Waals surface area contributed by atoms with Gasteiger partial charge in [-0.2, -0.15) is 4.31 Å². The highest BCUT2D eigenvalue weighted by Gasteiger charge is 2.28. The molecule has 21 heavy (non-hydrogen) atoms. The summed E-state index contributed by atoms with van der Waals surface area (Å²) in [5, 5.41) is 8.97. The lowest BCUT2D eigenvalue weighted by Gasteiger charge is -2.21. The molecule has 0 fully saturated rings. The molecule has 0 aliphatic heterocycles. The topological polar surface area (TPSA) is 99.9 Å². The van der Waals surface area contributed by atoms with Gasteiger partial charge >= 0.3 is 5.97 Å². The van der Waals surface area contributed by atoms with E-state index in [2.05, 4.69) is 0 Å². The van der Waals surface area contributed by atoms with Crippen molar-refractivity contribution in [1.29, 1.82) is 0 Å². The normalized spacial score (nSPS) is 11.7. The molecule has 0 unspecified atom stereocenters. The van der Waals surface area contributed by atoms with Crippen molar-refractivity contribution in [3.63, 3.8) is 0 Å². The number of likely N-dealkylation sites (N-methyl/N-ethyl adjacent to an activating group) is 2. The average Bonchev–Trinajstić information content (AvgIpc) is 2.78. The molecule has 0 atom stereocenters. The lowest BCUT2D eigenvalue weighted by molar-refractivity contribution is -0.128. The van der Waals surface area contributed by atoms with Crippen molar-refractivity contribution >= 4 is 21.9 Å². The van der Waals surface area contributed by atoms with E-state index >= 15 is 0 Å². The molecule has 0 saturated heterocycles. The largest absolute Gasteiger partial charge is 0.477 e. The number of aromatic nitrogens is 1. The molecule has 0 saturated carbocycles. The van der Waals surface area contributed by atoms with Gasteiger partial charge in [0.15, 0.2) is 0 Å². The summed E-state index contributed by atoms with van der Waals surface area (Å²) in [5.74, 6) is -1.57. The smallest absolute Gasteiger partial charge is 0.352 e. The molecule has 1 amide bonds. The highest BCUT2D eigenvalue weighted by molar-refractivity contribution is 7.89. The van der Waals surface area contributed by atoms with E-state index in [1.807, 2.05) is 0 Å². The van der Waals surface area contributed by atoms with Crippen LogP contribution in [0.3, 0.4) is 0 Å². The average molecular weight is 317 g/mol. The van der Waals surface area contributed by atoms with Gasteiger partial charge in [0.25, 0.3) is 0 Å². The Hall–Kier alpha value is -1.87. The fourth-order valence-electron chi connectivity index (χ4n) is 1.70. The number of carbonyl (C=O) groups is 2. The fourth-order valence-corrected chi connectivity index (χ4v) is 3.17. The first-order chi connectivity index (χ1) is 9.61. The van der Waals surface area contributed by atoms with Gasteiger partial charge in [0, 0.05) is 33.9 Å². The monoisotopic (exact) mass is 317 g/mol. The Kier molecular flexibility index (Phi) is 5.13. The predicted molar refractivity (Wildman–Crippen MR) is 75.5 cm³/mol. The van der Waals surface area contributed by atoms with Crippen molar-refractivity contribution in [2.75, 3.05) is 27.2 Å².